The van der Waals surface area contributed by atoms with Crippen molar-refractivity contribution in [2.75, 3.05) is 29.4 Å². The van der Waals surface area contributed by atoms with Crippen molar-refractivity contribution in [3.63, 3.8) is 0 Å². The van der Waals surface area contributed by atoms with Crippen LogP contribution in [0.1, 0.15) is 20.8 Å². The summed E-state index contributed by atoms with van der Waals surface area (Å²) in [6.45, 7) is 6.00. The molecule has 4 heterocycles. The first kappa shape index (κ1) is 27.3. The second-order valence-electron chi connectivity index (χ2n) is 9.41. The molecule has 4 aromatic rings. The van der Waals surface area contributed by atoms with Crippen LogP contribution in [0.3, 0.4) is 0 Å². The molecule has 5 rings (SSSR count). The third kappa shape index (κ3) is 4.72. The van der Waals surface area contributed by atoms with Gasteiger partial charge < -0.3 is 9.80 Å². The average molecular weight is 600 g/mol. The van der Waals surface area contributed by atoms with Gasteiger partial charge in [-0.15, -0.1) is 5.10 Å². The molecule has 39 heavy (non-hydrogen) atoms. The number of piperazine rings is 1. The number of hydrogen-bond donors (Lipinski definition) is 0. The van der Waals surface area contributed by atoms with Crippen LogP contribution in [0, 0.1) is 11.6 Å². The number of aromatic nitrogens is 5. The van der Waals surface area contributed by atoms with Gasteiger partial charge in [0.05, 0.1) is 33.6 Å². The van der Waals surface area contributed by atoms with Crippen molar-refractivity contribution in [2.24, 2.45) is 0 Å². The Morgan fingerprint density at radius 3 is 2.38 bits per heavy atom. The maximum absolute atomic E-state index is 14.4. The van der Waals surface area contributed by atoms with Gasteiger partial charge in [-0.3, -0.25) is 3.97 Å². The van der Waals surface area contributed by atoms with Crippen molar-refractivity contribution in [3.05, 3.63) is 59.6 Å². The smallest absolute Gasteiger partial charge is 0.285 e. The Kier molecular flexibility index (Phi) is 6.79. The lowest BCUT2D eigenvalue weighted by Gasteiger charge is -2.40. The highest BCUT2D eigenvalue weighted by Gasteiger charge is 2.33. The Labute approximate surface area is 228 Å². The first-order chi connectivity index (χ1) is 18.3. The topological polar surface area (TPSA) is 123 Å². The van der Waals surface area contributed by atoms with Crippen molar-refractivity contribution in [3.8, 4) is 0 Å². The fourth-order valence-electron chi connectivity index (χ4n) is 4.44. The van der Waals surface area contributed by atoms with E-state index in [2.05, 4.69) is 15.1 Å². The minimum absolute atomic E-state index is 0.0297. The van der Waals surface area contributed by atoms with E-state index in [1.165, 1.54) is 13.8 Å². The van der Waals surface area contributed by atoms with Crippen LogP contribution in [0.15, 0.2) is 47.9 Å². The summed E-state index contributed by atoms with van der Waals surface area (Å²) in [6, 6.07) is 2.99. The number of fused-ring (bicyclic) bond motifs is 1. The van der Waals surface area contributed by atoms with E-state index in [-0.39, 0.29) is 32.7 Å². The molecule has 0 N–H and O–H groups in total. The van der Waals surface area contributed by atoms with Crippen LogP contribution in [0.4, 0.5) is 20.5 Å². The van der Waals surface area contributed by atoms with E-state index in [4.69, 9.17) is 11.6 Å². The summed E-state index contributed by atoms with van der Waals surface area (Å²) in [5.41, 5.74) is -0.0917. The van der Waals surface area contributed by atoms with Crippen LogP contribution in [0.5, 0.6) is 0 Å². The van der Waals surface area contributed by atoms with Crippen molar-refractivity contribution in [1.82, 2.24) is 23.1 Å². The fraction of sp³-hybridized carbons (Fsp3) is 0.348. The van der Waals surface area contributed by atoms with E-state index < -0.39 is 36.9 Å². The number of anilines is 2. The molecule has 1 fully saturated rings. The van der Waals surface area contributed by atoms with Crippen molar-refractivity contribution in [2.45, 2.75) is 37.0 Å². The Balaban J connectivity index is 1.57. The molecule has 0 bridgehead atoms. The quantitative estimate of drug-likeness (QED) is 0.329. The lowest BCUT2D eigenvalue weighted by molar-refractivity contribution is 0.534. The van der Waals surface area contributed by atoms with Gasteiger partial charge in [0, 0.05) is 44.1 Å². The van der Waals surface area contributed by atoms with Crippen LogP contribution >= 0.6 is 11.6 Å². The fourth-order valence-corrected chi connectivity index (χ4v) is 7.04. The summed E-state index contributed by atoms with van der Waals surface area (Å²) in [5.74, 6) is -0.744. The molecule has 1 aliphatic rings. The molecule has 0 amide bonds. The van der Waals surface area contributed by atoms with Crippen LogP contribution in [0.2, 0.25) is 5.02 Å². The average Bonchev–Trinajstić information content (AvgIpc) is 3.51. The second kappa shape index (κ2) is 9.71. The largest absolute Gasteiger partial charge is 0.348 e. The molecule has 0 spiro atoms. The number of nitrogens with zero attached hydrogens (tertiary/aromatic N) is 7. The van der Waals surface area contributed by atoms with Crippen LogP contribution in [-0.4, -0.2) is 70.9 Å². The molecule has 0 unspecified atom stereocenters. The van der Waals surface area contributed by atoms with Crippen LogP contribution < -0.4 is 9.80 Å². The van der Waals surface area contributed by atoms with Crippen molar-refractivity contribution >= 4 is 54.3 Å². The molecule has 0 radical (unpaired) electrons. The van der Waals surface area contributed by atoms with Gasteiger partial charge in [0.15, 0.2) is 11.6 Å². The number of benzene rings is 1. The maximum Gasteiger partial charge on any atom is 0.285 e. The maximum atomic E-state index is 14.4. The molecule has 11 nitrogen and oxygen atoms in total. The third-order valence-corrected chi connectivity index (χ3v) is 10.4. The van der Waals surface area contributed by atoms with Gasteiger partial charge in [0.2, 0.25) is 16.0 Å². The van der Waals surface area contributed by atoms with Gasteiger partial charge in [0.25, 0.3) is 10.0 Å². The van der Waals surface area contributed by atoms with Crippen molar-refractivity contribution < 1.29 is 25.6 Å². The summed E-state index contributed by atoms with van der Waals surface area (Å²) >= 11 is 6.42. The van der Waals surface area contributed by atoms with E-state index in [0.717, 1.165) is 47.0 Å². The summed E-state index contributed by atoms with van der Waals surface area (Å²) in [6.07, 6.45) is 4.28. The SMILES string of the molecule is CC(C)S(=O)(=O)n1ccc(S(=O)(=O)n2nc(N3CCN(c4ncc(F)cn4)C[C@@H]3C)c3c(Cl)cc(F)cc32)c1. The van der Waals surface area contributed by atoms with Gasteiger partial charge in [0.1, 0.15) is 10.7 Å². The van der Waals surface area contributed by atoms with E-state index in [1.54, 1.807) is 0 Å². The zero-order valence-electron chi connectivity index (χ0n) is 21.0. The number of hydrogen-bond acceptors (Lipinski definition) is 9. The molecule has 0 aliphatic carbocycles. The van der Waals surface area contributed by atoms with Gasteiger partial charge in [-0.05, 0) is 32.9 Å². The first-order valence-electron chi connectivity index (χ1n) is 11.9. The van der Waals surface area contributed by atoms with E-state index in [9.17, 15) is 25.6 Å². The molecule has 3 aromatic heterocycles. The van der Waals surface area contributed by atoms with Crippen molar-refractivity contribution in [1.29, 1.82) is 0 Å². The van der Waals surface area contributed by atoms with Crippen LogP contribution in [-0.2, 0) is 20.0 Å². The predicted octanol–water partition coefficient (Wildman–Crippen LogP) is 3.10. The zero-order valence-corrected chi connectivity index (χ0v) is 23.4. The summed E-state index contributed by atoms with van der Waals surface area (Å²) in [7, 11) is -8.26. The van der Waals surface area contributed by atoms with Gasteiger partial charge >= 0.3 is 0 Å². The zero-order chi connectivity index (χ0) is 28.3. The highest BCUT2D eigenvalue weighted by Crippen LogP contribution is 2.37. The normalized spacial score (nSPS) is 16.9. The lowest BCUT2D eigenvalue weighted by Crippen LogP contribution is -2.53. The summed E-state index contributed by atoms with van der Waals surface area (Å²) < 4.78 is 81.7. The van der Waals surface area contributed by atoms with E-state index >= 15 is 0 Å². The Morgan fingerprint density at radius 1 is 1.05 bits per heavy atom. The van der Waals surface area contributed by atoms with E-state index in [1.807, 2.05) is 16.7 Å². The summed E-state index contributed by atoms with van der Waals surface area (Å²) in [4.78, 5) is 11.4. The Morgan fingerprint density at radius 2 is 1.74 bits per heavy atom. The molecule has 1 aromatic carbocycles. The molecule has 1 atom stereocenters. The minimum Gasteiger partial charge on any atom is -0.348 e. The molecule has 1 aliphatic heterocycles. The third-order valence-electron chi connectivity index (χ3n) is 6.49. The molecule has 16 heteroatoms. The van der Waals surface area contributed by atoms with Gasteiger partial charge in [-0.25, -0.2) is 27.2 Å². The number of rotatable bonds is 6. The molecule has 208 valence electrons. The van der Waals surface area contributed by atoms with Gasteiger partial charge in [-0.1, -0.05) is 11.6 Å². The van der Waals surface area contributed by atoms with Gasteiger partial charge in [-0.2, -0.15) is 12.5 Å². The molecular weight excluding hydrogens is 576 g/mol. The standard InChI is InChI=1S/C23H24ClF2N7O4S2/c1-14(2)38(34,35)31-5-4-18(13-31)39(36,37)33-20-9-16(25)8-19(24)21(20)22(29-33)32-7-6-30(12-15(32)3)23-27-10-17(26)11-28-23/h4-5,8-11,13-15H,6-7,12H2,1-3H3/t15-/m0/s1. The molecule has 1 saturated heterocycles. The Bertz CT molecular complexity index is 1770. The minimum atomic E-state index is -4.46. The van der Waals surface area contributed by atoms with E-state index in [0.29, 0.717) is 29.7 Å². The molecule has 0 saturated carbocycles. The molecular formula is C23H24ClF2N7O4S2. The number of halogens is 3. The lowest BCUT2D eigenvalue weighted by atomic mass is 10.1. The predicted molar refractivity (Wildman–Crippen MR) is 142 cm³/mol. The Hall–Kier alpha value is -3.30. The first-order valence-corrected chi connectivity index (χ1v) is 15.2. The second-order valence-corrected chi connectivity index (χ2v) is 14.0. The highest BCUT2D eigenvalue weighted by atomic mass is 35.5. The monoisotopic (exact) mass is 599 g/mol. The highest BCUT2D eigenvalue weighted by molar-refractivity contribution is 7.91. The van der Waals surface area contributed by atoms with Crippen LogP contribution in [0.25, 0.3) is 10.9 Å². The summed E-state index contributed by atoms with van der Waals surface area (Å²) in [5, 5.41) is 3.79.